The SMILES string of the molecule is COc1ccc([C@H]2SCCN2C(=O)c2cc3cc(Br)ccc3oc2=O)cc1OC. The summed E-state index contributed by atoms with van der Waals surface area (Å²) in [5.74, 6) is 1.65. The van der Waals surface area contributed by atoms with Crippen LogP contribution in [0.1, 0.15) is 21.3 Å². The Hall–Kier alpha value is -2.45. The van der Waals surface area contributed by atoms with Crippen molar-refractivity contribution < 1.29 is 18.7 Å². The van der Waals surface area contributed by atoms with E-state index in [9.17, 15) is 9.59 Å². The zero-order valence-corrected chi connectivity index (χ0v) is 18.2. The van der Waals surface area contributed by atoms with Crippen LogP contribution >= 0.6 is 27.7 Å². The van der Waals surface area contributed by atoms with E-state index in [1.807, 2.05) is 24.3 Å². The van der Waals surface area contributed by atoms with Gasteiger partial charge in [0.15, 0.2) is 11.5 Å². The third-order valence-electron chi connectivity index (χ3n) is 4.77. The molecule has 1 amide bonds. The molecule has 0 saturated carbocycles. The zero-order valence-electron chi connectivity index (χ0n) is 15.8. The summed E-state index contributed by atoms with van der Waals surface area (Å²) in [6.45, 7) is 0.540. The lowest BCUT2D eigenvalue weighted by atomic mass is 10.1. The highest BCUT2D eigenvalue weighted by atomic mass is 79.9. The van der Waals surface area contributed by atoms with Crippen molar-refractivity contribution in [3.63, 3.8) is 0 Å². The predicted octanol–water partition coefficient (Wildman–Crippen LogP) is 4.46. The Kier molecular flexibility index (Phi) is 5.56. The second-order valence-electron chi connectivity index (χ2n) is 6.47. The summed E-state index contributed by atoms with van der Waals surface area (Å²) in [6, 6.07) is 12.5. The van der Waals surface area contributed by atoms with Crippen molar-refractivity contribution >= 4 is 44.6 Å². The van der Waals surface area contributed by atoms with Crippen molar-refractivity contribution in [2.75, 3.05) is 26.5 Å². The van der Waals surface area contributed by atoms with Crippen LogP contribution in [0.3, 0.4) is 0 Å². The minimum absolute atomic E-state index is 0.0311. The number of rotatable bonds is 4. The molecule has 150 valence electrons. The first-order valence-electron chi connectivity index (χ1n) is 8.89. The molecule has 0 radical (unpaired) electrons. The fourth-order valence-electron chi connectivity index (χ4n) is 3.36. The van der Waals surface area contributed by atoms with Gasteiger partial charge in [0.2, 0.25) is 0 Å². The second kappa shape index (κ2) is 8.12. The lowest BCUT2D eigenvalue weighted by Gasteiger charge is -2.24. The number of fused-ring (bicyclic) bond motifs is 1. The first-order valence-corrected chi connectivity index (χ1v) is 10.7. The van der Waals surface area contributed by atoms with Crippen LogP contribution in [0.4, 0.5) is 0 Å². The number of amides is 1. The minimum atomic E-state index is -0.632. The fraction of sp³-hybridized carbons (Fsp3) is 0.238. The van der Waals surface area contributed by atoms with Gasteiger partial charge in [0.1, 0.15) is 16.5 Å². The molecule has 1 aliphatic heterocycles. The molecule has 0 aliphatic carbocycles. The highest BCUT2D eigenvalue weighted by Crippen LogP contribution is 2.41. The molecule has 0 spiro atoms. The molecule has 2 heterocycles. The number of thioether (sulfide) groups is 1. The van der Waals surface area contributed by atoms with Crippen LogP contribution in [0.2, 0.25) is 0 Å². The van der Waals surface area contributed by atoms with Crippen LogP contribution in [0.15, 0.2) is 56.1 Å². The van der Waals surface area contributed by atoms with E-state index in [0.29, 0.717) is 29.0 Å². The maximum atomic E-state index is 13.2. The van der Waals surface area contributed by atoms with E-state index in [2.05, 4.69) is 15.9 Å². The molecule has 29 heavy (non-hydrogen) atoms. The van der Waals surface area contributed by atoms with E-state index in [-0.39, 0.29) is 16.8 Å². The molecule has 1 fully saturated rings. The van der Waals surface area contributed by atoms with Gasteiger partial charge in [0.05, 0.1) is 14.2 Å². The normalized spacial score (nSPS) is 16.2. The van der Waals surface area contributed by atoms with Crippen molar-refractivity contribution in [3.8, 4) is 11.5 Å². The topological polar surface area (TPSA) is 69.0 Å². The number of benzene rings is 2. The van der Waals surface area contributed by atoms with E-state index >= 15 is 0 Å². The van der Waals surface area contributed by atoms with Crippen molar-refractivity contribution in [1.82, 2.24) is 4.90 Å². The first kappa shape index (κ1) is 19.8. The average molecular weight is 476 g/mol. The number of carbonyl (C=O) groups excluding carboxylic acids is 1. The van der Waals surface area contributed by atoms with Gasteiger partial charge in [-0.3, -0.25) is 4.79 Å². The Bertz CT molecular complexity index is 1150. The lowest BCUT2D eigenvalue weighted by Crippen LogP contribution is -2.33. The summed E-state index contributed by atoms with van der Waals surface area (Å²) >= 11 is 5.04. The predicted molar refractivity (Wildman–Crippen MR) is 116 cm³/mol. The van der Waals surface area contributed by atoms with Gasteiger partial charge in [-0.25, -0.2) is 4.79 Å². The van der Waals surface area contributed by atoms with Crippen molar-refractivity contribution in [3.05, 3.63) is 68.5 Å². The quantitative estimate of drug-likeness (QED) is 0.518. The first-order chi connectivity index (χ1) is 14.0. The molecule has 6 nitrogen and oxygen atoms in total. The zero-order chi connectivity index (χ0) is 20.5. The molecule has 1 aromatic heterocycles. The molecule has 8 heteroatoms. The summed E-state index contributed by atoms with van der Waals surface area (Å²) in [5.41, 5.74) is 0.754. The molecular weight excluding hydrogens is 458 g/mol. The van der Waals surface area contributed by atoms with Crippen molar-refractivity contribution in [2.24, 2.45) is 0 Å². The molecule has 0 N–H and O–H groups in total. The van der Waals surface area contributed by atoms with Crippen molar-refractivity contribution in [1.29, 1.82) is 0 Å². The summed E-state index contributed by atoms with van der Waals surface area (Å²) in [6.07, 6.45) is 0. The molecule has 1 aliphatic rings. The van der Waals surface area contributed by atoms with Gasteiger partial charge in [-0.1, -0.05) is 22.0 Å². The van der Waals surface area contributed by atoms with Crippen LogP contribution in [0, 0.1) is 0 Å². The van der Waals surface area contributed by atoms with Crippen LogP contribution in [-0.4, -0.2) is 37.3 Å². The molecule has 2 aromatic carbocycles. The number of hydrogen-bond acceptors (Lipinski definition) is 6. The van der Waals surface area contributed by atoms with Gasteiger partial charge in [0, 0.05) is 22.2 Å². The third-order valence-corrected chi connectivity index (χ3v) is 6.52. The summed E-state index contributed by atoms with van der Waals surface area (Å²) in [4.78, 5) is 27.4. The molecule has 1 atom stereocenters. The van der Waals surface area contributed by atoms with E-state index < -0.39 is 5.63 Å². The number of carbonyl (C=O) groups is 1. The van der Waals surface area contributed by atoms with Gasteiger partial charge in [-0.2, -0.15) is 0 Å². The maximum Gasteiger partial charge on any atom is 0.349 e. The second-order valence-corrected chi connectivity index (χ2v) is 8.57. The van der Waals surface area contributed by atoms with Crippen LogP contribution in [0.25, 0.3) is 11.0 Å². The molecular formula is C21H18BrNO5S. The number of halogens is 1. The van der Waals surface area contributed by atoms with E-state index in [1.54, 1.807) is 49.1 Å². The van der Waals surface area contributed by atoms with Crippen LogP contribution in [-0.2, 0) is 0 Å². The van der Waals surface area contributed by atoms with Crippen LogP contribution < -0.4 is 15.1 Å². The van der Waals surface area contributed by atoms with Gasteiger partial charge in [-0.15, -0.1) is 11.8 Å². The highest BCUT2D eigenvalue weighted by Gasteiger charge is 2.33. The average Bonchev–Trinajstić information content (AvgIpc) is 3.22. The lowest BCUT2D eigenvalue weighted by molar-refractivity contribution is 0.0756. The van der Waals surface area contributed by atoms with E-state index in [0.717, 1.165) is 15.8 Å². The van der Waals surface area contributed by atoms with E-state index in [4.69, 9.17) is 13.9 Å². The summed E-state index contributed by atoms with van der Waals surface area (Å²) in [7, 11) is 3.15. The Labute approximate surface area is 179 Å². The van der Waals surface area contributed by atoms with Crippen molar-refractivity contribution in [2.45, 2.75) is 5.37 Å². The van der Waals surface area contributed by atoms with E-state index in [1.165, 1.54) is 0 Å². The molecule has 3 aromatic rings. The van der Waals surface area contributed by atoms with Gasteiger partial charge in [-0.05, 0) is 42.0 Å². The Morgan fingerprint density at radius 2 is 1.93 bits per heavy atom. The number of hydrogen-bond donors (Lipinski definition) is 0. The standard InChI is InChI=1S/C21H18BrNO5S/c1-26-17-5-3-12(11-18(17)27-2)20-23(7-8-29-20)19(24)15-10-13-9-14(22)4-6-16(13)28-21(15)25/h3-6,9-11,20H,7-8H2,1-2H3/t20-/m1/s1. The maximum absolute atomic E-state index is 13.2. The molecule has 4 rings (SSSR count). The van der Waals surface area contributed by atoms with Gasteiger partial charge in [0.25, 0.3) is 5.91 Å². The summed E-state index contributed by atoms with van der Waals surface area (Å²) in [5, 5.41) is 0.469. The smallest absolute Gasteiger partial charge is 0.349 e. The highest BCUT2D eigenvalue weighted by molar-refractivity contribution is 9.10. The molecule has 0 bridgehead atoms. The number of nitrogens with zero attached hydrogens (tertiary/aromatic N) is 1. The minimum Gasteiger partial charge on any atom is -0.493 e. The largest absolute Gasteiger partial charge is 0.493 e. The van der Waals surface area contributed by atoms with Crippen LogP contribution in [0.5, 0.6) is 11.5 Å². The number of ether oxygens (including phenoxy) is 2. The monoisotopic (exact) mass is 475 g/mol. The van der Waals surface area contributed by atoms with Gasteiger partial charge >= 0.3 is 5.63 Å². The fourth-order valence-corrected chi connectivity index (χ4v) is 4.98. The molecule has 1 saturated heterocycles. The Morgan fingerprint density at radius 1 is 1.14 bits per heavy atom. The summed E-state index contributed by atoms with van der Waals surface area (Å²) < 4.78 is 16.9. The Morgan fingerprint density at radius 3 is 2.69 bits per heavy atom. The molecule has 0 unspecified atom stereocenters. The van der Waals surface area contributed by atoms with Gasteiger partial charge < -0.3 is 18.8 Å². The number of methoxy groups -OCH3 is 2. The third kappa shape index (κ3) is 3.74. The Balaban J connectivity index is 1.70.